The molecule has 2 heterocycles. The molecule has 5 heteroatoms. The van der Waals surface area contributed by atoms with E-state index in [1.807, 2.05) is 23.1 Å². The Kier molecular flexibility index (Phi) is 4.07. The molecule has 0 radical (unpaired) electrons. The van der Waals surface area contributed by atoms with Gasteiger partial charge in [0.15, 0.2) is 0 Å². The molecule has 0 bridgehead atoms. The van der Waals surface area contributed by atoms with Crippen molar-refractivity contribution in [1.82, 2.24) is 9.80 Å². The summed E-state index contributed by atoms with van der Waals surface area (Å²) in [5, 5.41) is 0.818. The highest BCUT2D eigenvalue weighted by Gasteiger charge is 2.30. The summed E-state index contributed by atoms with van der Waals surface area (Å²) in [4.78, 5) is 17.2. The topological polar surface area (TPSA) is 45.9 Å². The molecule has 1 unspecified atom stereocenters. The molecule has 3 rings (SSSR count). The highest BCUT2D eigenvalue weighted by molar-refractivity contribution is 6.06. The molecule has 1 aliphatic heterocycles. The Bertz CT molecular complexity index is 680. The van der Waals surface area contributed by atoms with E-state index in [1.165, 1.54) is 0 Å². The van der Waals surface area contributed by atoms with Gasteiger partial charge >= 0.3 is 0 Å². The second kappa shape index (κ2) is 6.01. The zero-order chi connectivity index (χ0) is 15.7. The van der Waals surface area contributed by atoms with Gasteiger partial charge in [0.25, 0.3) is 5.91 Å². The van der Waals surface area contributed by atoms with Gasteiger partial charge in [0.05, 0.1) is 12.7 Å². The lowest BCUT2D eigenvalue weighted by Crippen LogP contribution is -2.53. The van der Waals surface area contributed by atoms with Crippen LogP contribution in [0.25, 0.3) is 11.0 Å². The summed E-state index contributed by atoms with van der Waals surface area (Å²) in [7, 11) is 3.72. The molecule has 118 valence electrons. The van der Waals surface area contributed by atoms with Crippen LogP contribution in [0.15, 0.2) is 28.9 Å². The Hall–Kier alpha value is -2.01. The average Bonchev–Trinajstić information content (AvgIpc) is 2.96. The Labute approximate surface area is 130 Å². The van der Waals surface area contributed by atoms with Crippen molar-refractivity contribution >= 4 is 16.9 Å². The van der Waals surface area contributed by atoms with Crippen LogP contribution in [0.3, 0.4) is 0 Å². The molecule has 1 saturated heterocycles. The van der Waals surface area contributed by atoms with Crippen molar-refractivity contribution in [2.45, 2.75) is 19.4 Å². The predicted octanol–water partition coefficient (Wildman–Crippen LogP) is 2.61. The highest BCUT2D eigenvalue weighted by atomic mass is 16.5. The van der Waals surface area contributed by atoms with Gasteiger partial charge in [-0.15, -0.1) is 0 Å². The molecule has 0 saturated carbocycles. The average molecular weight is 302 g/mol. The van der Waals surface area contributed by atoms with E-state index in [2.05, 4.69) is 18.9 Å². The van der Waals surface area contributed by atoms with Crippen LogP contribution in [-0.2, 0) is 0 Å². The molecule has 0 aliphatic carbocycles. The van der Waals surface area contributed by atoms with Crippen LogP contribution < -0.4 is 4.74 Å². The van der Waals surface area contributed by atoms with E-state index in [0.717, 1.165) is 37.2 Å². The number of amides is 1. The number of hydrogen-bond donors (Lipinski definition) is 0. The molecule has 0 N–H and O–H groups in total. The van der Waals surface area contributed by atoms with Gasteiger partial charge in [-0.3, -0.25) is 4.79 Å². The first-order valence-electron chi connectivity index (χ1n) is 7.68. The van der Waals surface area contributed by atoms with Crippen LogP contribution in [0, 0.1) is 0 Å². The van der Waals surface area contributed by atoms with Gasteiger partial charge in [-0.2, -0.15) is 0 Å². The van der Waals surface area contributed by atoms with Gasteiger partial charge in [0.1, 0.15) is 17.6 Å². The molecule has 1 aliphatic rings. The minimum Gasteiger partial charge on any atom is -0.497 e. The third kappa shape index (κ3) is 2.57. The monoisotopic (exact) mass is 302 g/mol. The molecule has 5 nitrogen and oxygen atoms in total. The van der Waals surface area contributed by atoms with E-state index in [-0.39, 0.29) is 11.9 Å². The number of piperazine rings is 1. The number of carbonyl (C=O) groups is 1. The van der Waals surface area contributed by atoms with Crippen LogP contribution >= 0.6 is 0 Å². The molecule has 1 aromatic carbocycles. The maximum Gasteiger partial charge on any atom is 0.258 e. The summed E-state index contributed by atoms with van der Waals surface area (Å²) in [6, 6.07) is 5.79. The van der Waals surface area contributed by atoms with E-state index in [4.69, 9.17) is 9.15 Å². The number of ether oxygens (including phenoxy) is 1. The van der Waals surface area contributed by atoms with Gasteiger partial charge in [-0.25, -0.2) is 0 Å². The van der Waals surface area contributed by atoms with Crippen molar-refractivity contribution in [3.63, 3.8) is 0 Å². The first kappa shape index (κ1) is 14.9. The fourth-order valence-electron chi connectivity index (χ4n) is 3.08. The Balaban J connectivity index is 1.94. The number of carbonyl (C=O) groups excluding carboxylic acids is 1. The molecular weight excluding hydrogens is 280 g/mol. The smallest absolute Gasteiger partial charge is 0.258 e. The van der Waals surface area contributed by atoms with E-state index in [9.17, 15) is 4.79 Å². The number of hydrogen-bond acceptors (Lipinski definition) is 4. The summed E-state index contributed by atoms with van der Waals surface area (Å²) >= 11 is 0. The minimum absolute atomic E-state index is 0.0481. The normalized spacial score (nSPS) is 19.6. The van der Waals surface area contributed by atoms with E-state index in [0.29, 0.717) is 11.1 Å². The summed E-state index contributed by atoms with van der Waals surface area (Å²) in [5.74, 6) is 0.778. The van der Waals surface area contributed by atoms with E-state index < -0.39 is 0 Å². The molecule has 1 atom stereocenters. The first-order valence-corrected chi connectivity index (χ1v) is 7.68. The van der Waals surface area contributed by atoms with Gasteiger partial charge in [0.2, 0.25) is 0 Å². The third-order valence-electron chi connectivity index (χ3n) is 4.43. The van der Waals surface area contributed by atoms with Gasteiger partial charge in [-0.1, -0.05) is 6.92 Å². The summed E-state index contributed by atoms with van der Waals surface area (Å²) in [5.41, 5.74) is 1.34. The van der Waals surface area contributed by atoms with Crippen molar-refractivity contribution in [2.24, 2.45) is 0 Å². The lowest BCUT2D eigenvalue weighted by Gasteiger charge is -2.39. The maximum absolute atomic E-state index is 13.0. The van der Waals surface area contributed by atoms with Crippen molar-refractivity contribution in [3.05, 3.63) is 30.0 Å². The Morgan fingerprint density at radius 2 is 2.23 bits per heavy atom. The number of fused-ring (bicyclic) bond motifs is 1. The summed E-state index contributed by atoms with van der Waals surface area (Å²) < 4.78 is 10.8. The Morgan fingerprint density at radius 1 is 1.41 bits per heavy atom. The first-order chi connectivity index (χ1) is 10.6. The van der Waals surface area contributed by atoms with Crippen LogP contribution in [0.1, 0.15) is 23.7 Å². The molecule has 1 aromatic heterocycles. The van der Waals surface area contributed by atoms with Crippen LogP contribution in [0.4, 0.5) is 0 Å². The zero-order valence-electron chi connectivity index (χ0n) is 13.3. The predicted molar refractivity (Wildman–Crippen MR) is 85.4 cm³/mol. The maximum atomic E-state index is 13.0. The van der Waals surface area contributed by atoms with E-state index >= 15 is 0 Å². The van der Waals surface area contributed by atoms with Crippen molar-refractivity contribution in [2.75, 3.05) is 33.8 Å². The van der Waals surface area contributed by atoms with Crippen LogP contribution in [-0.4, -0.2) is 55.5 Å². The van der Waals surface area contributed by atoms with Crippen molar-refractivity contribution in [3.8, 4) is 5.75 Å². The number of nitrogens with zero attached hydrogens (tertiary/aromatic N) is 2. The molecular formula is C17H22N2O3. The molecule has 1 amide bonds. The number of methoxy groups -OCH3 is 1. The fourth-order valence-corrected chi connectivity index (χ4v) is 3.08. The van der Waals surface area contributed by atoms with Crippen LogP contribution in [0.2, 0.25) is 0 Å². The number of benzene rings is 1. The summed E-state index contributed by atoms with van der Waals surface area (Å²) in [6.45, 7) is 4.70. The van der Waals surface area contributed by atoms with Crippen LogP contribution in [0.5, 0.6) is 5.75 Å². The SMILES string of the molecule is CCC1CN(C)CCN1C(=O)c1coc2ccc(OC)cc12. The summed E-state index contributed by atoms with van der Waals surface area (Å²) in [6.07, 6.45) is 2.52. The fraction of sp³-hybridized carbons (Fsp3) is 0.471. The lowest BCUT2D eigenvalue weighted by atomic mass is 10.1. The number of likely N-dealkylation sites (N-methyl/N-ethyl adjacent to an activating group) is 1. The minimum atomic E-state index is 0.0481. The van der Waals surface area contributed by atoms with Crippen molar-refractivity contribution < 1.29 is 13.9 Å². The largest absolute Gasteiger partial charge is 0.497 e. The van der Waals surface area contributed by atoms with E-state index in [1.54, 1.807) is 13.4 Å². The molecule has 1 fully saturated rings. The Morgan fingerprint density at radius 3 is 2.95 bits per heavy atom. The number of rotatable bonds is 3. The molecule has 22 heavy (non-hydrogen) atoms. The van der Waals surface area contributed by atoms with Gasteiger partial charge in [0, 0.05) is 31.1 Å². The molecule has 0 spiro atoms. The quantitative estimate of drug-likeness (QED) is 0.874. The highest BCUT2D eigenvalue weighted by Crippen LogP contribution is 2.28. The lowest BCUT2D eigenvalue weighted by molar-refractivity contribution is 0.0494. The van der Waals surface area contributed by atoms with Gasteiger partial charge < -0.3 is 19.0 Å². The second-order valence-electron chi connectivity index (χ2n) is 5.83. The standard InChI is InChI=1S/C17H22N2O3/c1-4-12-10-18(2)7-8-19(12)17(20)15-11-22-16-6-5-13(21-3)9-14(15)16/h5-6,9,11-12H,4,7-8,10H2,1-3H3. The van der Waals surface area contributed by atoms with Gasteiger partial charge in [-0.05, 0) is 31.7 Å². The number of furan rings is 1. The van der Waals surface area contributed by atoms with Crippen molar-refractivity contribution in [1.29, 1.82) is 0 Å². The molecule has 2 aromatic rings. The zero-order valence-corrected chi connectivity index (χ0v) is 13.3. The second-order valence-corrected chi connectivity index (χ2v) is 5.83. The third-order valence-corrected chi connectivity index (χ3v) is 4.43.